The first-order valence-electron chi connectivity index (χ1n) is 16.4. The maximum Gasteiger partial charge on any atom is 0.329 e. The highest BCUT2D eigenvalue weighted by molar-refractivity contribution is 6.37. The van der Waals surface area contributed by atoms with Crippen molar-refractivity contribution in [2.24, 2.45) is 28.4 Å². The zero-order chi connectivity index (χ0) is 33.9. The summed E-state index contributed by atoms with van der Waals surface area (Å²) in [6.45, 7) is 14.9. The summed E-state index contributed by atoms with van der Waals surface area (Å²) < 4.78 is 5.58. The molecular formula is C33H55N5O7. The van der Waals surface area contributed by atoms with Gasteiger partial charge in [0.05, 0.1) is 6.04 Å². The molecule has 5 N–H and O–H groups in total. The number of nitrogens with one attached hydrogen (secondary N) is 3. The van der Waals surface area contributed by atoms with Gasteiger partial charge in [0.1, 0.15) is 23.7 Å². The van der Waals surface area contributed by atoms with E-state index in [2.05, 4.69) is 16.0 Å². The van der Waals surface area contributed by atoms with Crippen molar-refractivity contribution < 1.29 is 33.5 Å². The summed E-state index contributed by atoms with van der Waals surface area (Å²) in [5, 5.41) is 8.38. The number of nitrogens with zero attached hydrogens (tertiary/aromatic N) is 1. The standard InChI is InChI=1S/C33H55N5O7/c1-31(2,3)25(29(43)45-32(4,5)6)37-30(44)36-23(20-12-10-9-11-13-20)28(42)38-18-33(7,8)17-22(38)27(41)35-21(16-19-14-15-19)24(39)26(34)40/h19-23,25H,9-18H2,1-8H3,(H2,34,40)(H,35,41)(H2,36,37,44)/t21?,22-,23-,25+/m0/s1. The maximum absolute atomic E-state index is 14.4. The lowest BCUT2D eigenvalue weighted by Crippen LogP contribution is -2.61. The van der Waals surface area contributed by atoms with Crippen molar-refractivity contribution in [3.05, 3.63) is 0 Å². The van der Waals surface area contributed by atoms with Gasteiger partial charge in [-0.15, -0.1) is 0 Å². The van der Waals surface area contributed by atoms with Gasteiger partial charge in [-0.25, -0.2) is 9.59 Å². The second-order valence-corrected chi connectivity index (χ2v) is 16.1. The number of urea groups is 1. The van der Waals surface area contributed by atoms with Gasteiger partial charge in [-0.05, 0) is 69.1 Å². The van der Waals surface area contributed by atoms with Gasteiger partial charge in [0, 0.05) is 6.54 Å². The Hall–Kier alpha value is -3.18. The molecule has 0 spiro atoms. The van der Waals surface area contributed by atoms with Gasteiger partial charge in [0.2, 0.25) is 17.6 Å². The molecule has 5 amide bonds. The molecule has 2 saturated carbocycles. The van der Waals surface area contributed by atoms with E-state index in [9.17, 15) is 28.8 Å². The minimum absolute atomic E-state index is 0.155. The highest BCUT2D eigenvalue weighted by Crippen LogP contribution is 2.37. The Balaban J connectivity index is 1.84. The van der Waals surface area contributed by atoms with Gasteiger partial charge in [0.25, 0.3) is 5.91 Å². The number of ether oxygens (including phenoxy) is 1. The van der Waals surface area contributed by atoms with Crippen LogP contribution in [0.25, 0.3) is 0 Å². The summed E-state index contributed by atoms with van der Waals surface area (Å²) in [6.07, 6.45) is 6.83. The number of Topliss-reactive ketones (excluding diaryl/α,β-unsaturated/α-hetero) is 1. The highest BCUT2D eigenvalue weighted by atomic mass is 16.6. The zero-order valence-electron chi connectivity index (χ0n) is 28.4. The summed E-state index contributed by atoms with van der Waals surface area (Å²) in [6, 6.07) is -4.50. The van der Waals surface area contributed by atoms with Crippen LogP contribution in [0.3, 0.4) is 0 Å². The molecule has 4 atom stereocenters. The van der Waals surface area contributed by atoms with Gasteiger partial charge in [-0.1, -0.05) is 66.7 Å². The third-order valence-electron chi connectivity index (χ3n) is 8.91. The number of primary amides is 1. The molecule has 3 aliphatic rings. The monoisotopic (exact) mass is 633 g/mol. The Morgan fingerprint density at radius 2 is 1.49 bits per heavy atom. The summed E-state index contributed by atoms with van der Waals surface area (Å²) in [7, 11) is 0. The fraction of sp³-hybridized carbons (Fsp3) is 0.818. The molecule has 1 unspecified atom stereocenters. The Morgan fingerprint density at radius 3 is 2.00 bits per heavy atom. The summed E-state index contributed by atoms with van der Waals surface area (Å²) in [5.74, 6) is -3.33. The number of hydrogen-bond donors (Lipinski definition) is 4. The van der Waals surface area contributed by atoms with E-state index < -0.39 is 70.2 Å². The van der Waals surface area contributed by atoms with Crippen LogP contribution in [0.1, 0.15) is 113 Å². The number of carbonyl (C=O) groups excluding carboxylic acids is 6. The molecule has 0 bridgehead atoms. The first-order chi connectivity index (χ1) is 20.7. The quantitative estimate of drug-likeness (QED) is 0.200. The van der Waals surface area contributed by atoms with Crippen molar-refractivity contribution >= 4 is 35.5 Å². The van der Waals surface area contributed by atoms with Crippen molar-refractivity contribution in [1.82, 2.24) is 20.9 Å². The van der Waals surface area contributed by atoms with Crippen LogP contribution in [0.2, 0.25) is 0 Å². The number of hydrogen-bond acceptors (Lipinski definition) is 7. The lowest BCUT2D eigenvalue weighted by atomic mass is 9.83. The van der Waals surface area contributed by atoms with E-state index in [0.29, 0.717) is 12.8 Å². The second-order valence-electron chi connectivity index (χ2n) is 16.1. The predicted molar refractivity (Wildman–Crippen MR) is 168 cm³/mol. The average molecular weight is 634 g/mol. The SMILES string of the molecule is CC1(C)C[C@@H](C(=O)NC(CC2CC2)C(=O)C(N)=O)N(C(=O)[C@@H](NC(=O)N[C@H](C(=O)OC(C)(C)C)C(C)(C)C)C2CCCCC2)C1. The third kappa shape index (κ3) is 10.4. The Labute approximate surface area is 267 Å². The number of ketones is 1. The highest BCUT2D eigenvalue weighted by Gasteiger charge is 2.48. The fourth-order valence-corrected chi connectivity index (χ4v) is 6.42. The zero-order valence-corrected chi connectivity index (χ0v) is 28.4. The first kappa shape index (κ1) is 36.3. The van der Waals surface area contributed by atoms with Gasteiger partial charge in [0.15, 0.2) is 0 Å². The second kappa shape index (κ2) is 14.1. The molecule has 3 rings (SSSR count). The van der Waals surface area contributed by atoms with Crippen LogP contribution in [0.4, 0.5) is 4.79 Å². The van der Waals surface area contributed by atoms with Crippen molar-refractivity contribution in [3.63, 3.8) is 0 Å². The number of nitrogens with two attached hydrogens (primary N) is 1. The van der Waals surface area contributed by atoms with Crippen LogP contribution in [-0.4, -0.2) is 76.7 Å². The van der Waals surface area contributed by atoms with Crippen molar-refractivity contribution in [2.75, 3.05) is 6.54 Å². The fourth-order valence-electron chi connectivity index (χ4n) is 6.42. The molecule has 254 valence electrons. The Bertz CT molecular complexity index is 1150. The molecule has 3 fully saturated rings. The van der Waals surface area contributed by atoms with E-state index in [-0.39, 0.29) is 24.3 Å². The number of esters is 1. The Kier molecular flexibility index (Phi) is 11.3. The molecule has 1 aliphatic heterocycles. The topological polar surface area (TPSA) is 177 Å². The molecule has 12 nitrogen and oxygen atoms in total. The number of likely N-dealkylation sites (tertiary alicyclic amines) is 1. The van der Waals surface area contributed by atoms with E-state index >= 15 is 0 Å². The van der Waals surface area contributed by atoms with Crippen LogP contribution in [-0.2, 0) is 28.7 Å². The van der Waals surface area contributed by atoms with E-state index in [1.54, 1.807) is 20.8 Å². The molecular weight excluding hydrogens is 578 g/mol. The van der Waals surface area contributed by atoms with Gasteiger partial charge in [-0.2, -0.15) is 0 Å². The number of amides is 5. The summed E-state index contributed by atoms with van der Waals surface area (Å²) >= 11 is 0. The van der Waals surface area contributed by atoms with E-state index in [0.717, 1.165) is 44.9 Å². The van der Waals surface area contributed by atoms with Crippen LogP contribution in [0.15, 0.2) is 0 Å². The van der Waals surface area contributed by atoms with Crippen LogP contribution < -0.4 is 21.7 Å². The first-order valence-corrected chi connectivity index (χ1v) is 16.4. The predicted octanol–water partition coefficient (Wildman–Crippen LogP) is 2.96. The summed E-state index contributed by atoms with van der Waals surface area (Å²) in [4.78, 5) is 80.4. The molecule has 12 heteroatoms. The van der Waals surface area contributed by atoms with Crippen molar-refractivity contribution in [3.8, 4) is 0 Å². The molecule has 45 heavy (non-hydrogen) atoms. The molecule has 0 aromatic carbocycles. The van der Waals surface area contributed by atoms with E-state index in [1.807, 2.05) is 34.6 Å². The third-order valence-corrected chi connectivity index (χ3v) is 8.91. The molecule has 0 aromatic rings. The molecule has 0 radical (unpaired) electrons. The number of carbonyl (C=O) groups is 6. The van der Waals surface area contributed by atoms with Crippen molar-refractivity contribution in [1.29, 1.82) is 0 Å². The normalized spacial score (nSPS) is 22.5. The smallest absolute Gasteiger partial charge is 0.329 e. The van der Waals surface area contributed by atoms with Gasteiger partial charge < -0.3 is 31.3 Å². The van der Waals surface area contributed by atoms with Crippen molar-refractivity contribution in [2.45, 2.75) is 143 Å². The van der Waals surface area contributed by atoms with E-state index in [1.165, 1.54) is 4.90 Å². The van der Waals surface area contributed by atoms with Gasteiger partial charge in [-0.3, -0.25) is 19.2 Å². The lowest BCUT2D eigenvalue weighted by molar-refractivity contribution is -0.160. The maximum atomic E-state index is 14.4. The van der Waals surface area contributed by atoms with Crippen LogP contribution in [0.5, 0.6) is 0 Å². The molecule has 1 heterocycles. The van der Waals surface area contributed by atoms with Crippen LogP contribution in [0, 0.1) is 22.7 Å². The summed E-state index contributed by atoms with van der Waals surface area (Å²) in [5.41, 5.74) is 3.44. The minimum atomic E-state index is -1.10. The molecule has 0 aromatic heterocycles. The van der Waals surface area contributed by atoms with Crippen LogP contribution >= 0.6 is 0 Å². The largest absolute Gasteiger partial charge is 0.458 e. The Morgan fingerprint density at radius 1 is 0.889 bits per heavy atom. The average Bonchev–Trinajstić information content (AvgIpc) is 3.67. The van der Waals surface area contributed by atoms with Gasteiger partial charge >= 0.3 is 12.0 Å². The molecule has 2 aliphatic carbocycles. The minimum Gasteiger partial charge on any atom is -0.458 e. The van der Waals surface area contributed by atoms with E-state index in [4.69, 9.17) is 10.5 Å². The molecule has 1 saturated heterocycles. The lowest BCUT2D eigenvalue weighted by Gasteiger charge is -2.36. The number of rotatable bonds is 11.